The van der Waals surface area contributed by atoms with Gasteiger partial charge >= 0.3 is 0 Å². The van der Waals surface area contributed by atoms with Crippen molar-refractivity contribution in [1.29, 1.82) is 0 Å². The molecule has 3 rings (SSSR count). The first-order valence-electron chi connectivity index (χ1n) is 9.75. The Morgan fingerprint density at radius 3 is 2.45 bits per heavy atom. The summed E-state index contributed by atoms with van der Waals surface area (Å²) in [6.07, 6.45) is 3.00. The van der Waals surface area contributed by atoms with Crippen LogP contribution in [0.3, 0.4) is 0 Å². The first-order chi connectivity index (χ1) is 13.8. The van der Waals surface area contributed by atoms with Gasteiger partial charge in [0.05, 0.1) is 18.2 Å². The summed E-state index contributed by atoms with van der Waals surface area (Å²) >= 11 is 0. The SMILES string of the molecule is C[C@@H]1CN(c2cccc([C@@H](C)NC(=O)/C=C/c3cc(F)cc(F)c3)c2)C[C@H](C)O1. The topological polar surface area (TPSA) is 41.6 Å². The highest BCUT2D eigenvalue weighted by Crippen LogP contribution is 2.24. The Labute approximate surface area is 170 Å². The molecule has 1 saturated heterocycles. The number of morpholine rings is 1. The van der Waals surface area contributed by atoms with E-state index in [9.17, 15) is 13.6 Å². The minimum absolute atomic E-state index is 0.164. The molecule has 0 spiro atoms. The lowest BCUT2D eigenvalue weighted by atomic mass is 10.1. The second kappa shape index (κ2) is 9.18. The number of carbonyl (C=O) groups excluding carboxylic acids is 1. The molecule has 0 unspecified atom stereocenters. The number of nitrogens with zero attached hydrogens (tertiary/aromatic N) is 1. The number of benzene rings is 2. The fourth-order valence-electron chi connectivity index (χ4n) is 3.57. The highest BCUT2D eigenvalue weighted by Gasteiger charge is 2.22. The molecule has 0 aromatic heterocycles. The molecule has 3 atom stereocenters. The van der Waals surface area contributed by atoms with E-state index < -0.39 is 11.6 Å². The lowest BCUT2D eigenvalue weighted by Gasteiger charge is -2.37. The second-order valence-corrected chi connectivity index (χ2v) is 7.52. The molecule has 0 saturated carbocycles. The molecule has 1 aliphatic heterocycles. The van der Waals surface area contributed by atoms with E-state index in [-0.39, 0.29) is 24.2 Å². The third-order valence-corrected chi connectivity index (χ3v) is 4.83. The Hall–Kier alpha value is -2.73. The first-order valence-corrected chi connectivity index (χ1v) is 9.75. The largest absolute Gasteiger partial charge is 0.372 e. The fraction of sp³-hybridized carbons (Fsp3) is 0.348. The molecule has 1 aliphatic rings. The number of rotatable bonds is 5. The van der Waals surface area contributed by atoms with Crippen LogP contribution in [0.4, 0.5) is 14.5 Å². The van der Waals surface area contributed by atoms with Gasteiger partial charge in [0.25, 0.3) is 0 Å². The third kappa shape index (κ3) is 5.87. The van der Waals surface area contributed by atoms with Crippen molar-refractivity contribution in [3.05, 3.63) is 71.3 Å². The van der Waals surface area contributed by atoms with Crippen LogP contribution < -0.4 is 10.2 Å². The molecule has 0 bridgehead atoms. The van der Waals surface area contributed by atoms with Crippen molar-refractivity contribution in [2.45, 2.75) is 39.0 Å². The zero-order chi connectivity index (χ0) is 21.0. The summed E-state index contributed by atoms with van der Waals surface area (Å²) < 4.78 is 32.3. The number of hydrogen-bond donors (Lipinski definition) is 1. The van der Waals surface area contributed by atoms with Gasteiger partial charge < -0.3 is 15.0 Å². The minimum atomic E-state index is -0.679. The molecular weight excluding hydrogens is 374 g/mol. The van der Waals surface area contributed by atoms with Crippen molar-refractivity contribution in [3.63, 3.8) is 0 Å². The van der Waals surface area contributed by atoms with Gasteiger partial charge in [-0.1, -0.05) is 12.1 Å². The van der Waals surface area contributed by atoms with Crippen LogP contribution in [0.5, 0.6) is 0 Å². The minimum Gasteiger partial charge on any atom is -0.372 e. The van der Waals surface area contributed by atoms with Crippen molar-refractivity contribution in [2.75, 3.05) is 18.0 Å². The lowest BCUT2D eigenvalue weighted by Crippen LogP contribution is -2.45. The van der Waals surface area contributed by atoms with Gasteiger partial charge in [-0.25, -0.2) is 8.78 Å². The highest BCUT2D eigenvalue weighted by atomic mass is 19.1. The number of ether oxygens (including phenoxy) is 1. The van der Waals surface area contributed by atoms with E-state index in [1.54, 1.807) is 0 Å². The Bertz CT molecular complexity index is 870. The van der Waals surface area contributed by atoms with Crippen molar-refractivity contribution in [3.8, 4) is 0 Å². The third-order valence-electron chi connectivity index (χ3n) is 4.83. The summed E-state index contributed by atoms with van der Waals surface area (Å²) in [6, 6.07) is 11.0. The van der Waals surface area contributed by atoms with Gasteiger partial charge in [0.2, 0.25) is 5.91 Å². The van der Waals surface area contributed by atoms with E-state index in [4.69, 9.17) is 4.74 Å². The van der Waals surface area contributed by atoms with Gasteiger partial charge in [-0.3, -0.25) is 4.79 Å². The van der Waals surface area contributed by atoms with E-state index in [1.165, 1.54) is 24.3 Å². The van der Waals surface area contributed by atoms with Crippen LogP contribution in [0.1, 0.15) is 37.9 Å². The van der Waals surface area contributed by atoms with E-state index in [0.717, 1.165) is 30.4 Å². The van der Waals surface area contributed by atoms with Crippen LogP contribution in [-0.4, -0.2) is 31.2 Å². The molecule has 1 fully saturated rings. The molecular formula is C23H26F2N2O2. The van der Waals surface area contributed by atoms with Crippen molar-refractivity contribution >= 4 is 17.7 Å². The van der Waals surface area contributed by atoms with Crippen LogP contribution in [0.15, 0.2) is 48.5 Å². The molecule has 2 aromatic rings. The molecule has 1 N–H and O–H groups in total. The van der Waals surface area contributed by atoms with Crippen LogP contribution in [-0.2, 0) is 9.53 Å². The Balaban J connectivity index is 1.65. The summed E-state index contributed by atoms with van der Waals surface area (Å²) in [5, 5.41) is 2.89. The molecule has 154 valence electrons. The summed E-state index contributed by atoms with van der Waals surface area (Å²) in [4.78, 5) is 14.5. The van der Waals surface area contributed by atoms with Crippen LogP contribution in [0.2, 0.25) is 0 Å². The Morgan fingerprint density at radius 2 is 1.79 bits per heavy atom. The average Bonchev–Trinajstić information content (AvgIpc) is 2.65. The number of anilines is 1. The summed E-state index contributed by atoms with van der Waals surface area (Å²) in [7, 11) is 0. The molecule has 4 nitrogen and oxygen atoms in total. The maximum atomic E-state index is 13.2. The number of nitrogens with one attached hydrogen (secondary N) is 1. The van der Waals surface area contributed by atoms with Gasteiger partial charge in [-0.05, 0) is 62.2 Å². The number of hydrogen-bond acceptors (Lipinski definition) is 3. The number of amides is 1. The predicted octanol–water partition coefficient (Wildman–Crippen LogP) is 4.47. The molecule has 6 heteroatoms. The van der Waals surface area contributed by atoms with Gasteiger partial charge in [-0.15, -0.1) is 0 Å². The number of carbonyl (C=O) groups is 1. The summed E-state index contributed by atoms with van der Waals surface area (Å²) in [5.41, 5.74) is 2.37. The Kier molecular flexibility index (Phi) is 6.64. The van der Waals surface area contributed by atoms with E-state index in [1.807, 2.05) is 19.1 Å². The van der Waals surface area contributed by atoms with E-state index >= 15 is 0 Å². The standard InChI is InChI=1S/C23H26F2N2O2/c1-15-13-27(14-16(2)29-15)22-6-4-5-19(11-22)17(3)26-23(28)8-7-18-9-20(24)12-21(25)10-18/h4-12,15-17H,13-14H2,1-3H3,(H,26,28)/b8-7+/t15-,16+,17-/m1/s1. The van der Waals surface area contributed by atoms with Crippen LogP contribution >= 0.6 is 0 Å². The van der Waals surface area contributed by atoms with Gasteiger partial charge in [0.15, 0.2) is 0 Å². The molecule has 29 heavy (non-hydrogen) atoms. The second-order valence-electron chi connectivity index (χ2n) is 7.52. The van der Waals surface area contributed by atoms with Crippen molar-refractivity contribution in [1.82, 2.24) is 5.32 Å². The van der Waals surface area contributed by atoms with Crippen LogP contribution in [0, 0.1) is 11.6 Å². The van der Waals surface area contributed by atoms with Crippen molar-refractivity contribution in [2.24, 2.45) is 0 Å². The monoisotopic (exact) mass is 400 g/mol. The quantitative estimate of drug-likeness (QED) is 0.753. The van der Waals surface area contributed by atoms with Crippen LogP contribution in [0.25, 0.3) is 6.08 Å². The highest BCUT2D eigenvalue weighted by molar-refractivity contribution is 5.92. The maximum absolute atomic E-state index is 13.2. The summed E-state index contributed by atoms with van der Waals surface area (Å²) in [6.45, 7) is 7.67. The fourth-order valence-corrected chi connectivity index (χ4v) is 3.57. The molecule has 0 aliphatic carbocycles. The molecule has 1 heterocycles. The van der Waals surface area contributed by atoms with Gasteiger partial charge in [0, 0.05) is 30.9 Å². The average molecular weight is 400 g/mol. The number of halogens is 2. The zero-order valence-corrected chi connectivity index (χ0v) is 16.9. The maximum Gasteiger partial charge on any atom is 0.244 e. The van der Waals surface area contributed by atoms with E-state index in [0.29, 0.717) is 5.56 Å². The summed E-state index contributed by atoms with van der Waals surface area (Å²) in [5.74, 6) is -1.69. The zero-order valence-electron chi connectivity index (χ0n) is 16.9. The first kappa shape index (κ1) is 21.0. The van der Waals surface area contributed by atoms with E-state index in [2.05, 4.69) is 36.2 Å². The predicted molar refractivity (Wildman–Crippen MR) is 111 cm³/mol. The van der Waals surface area contributed by atoms with Gasteiger partial charge in [0.1, 0.15) is 11.6 Å². The lowest BCUT2D eigenvalue weighted by molar-refractivity contribution is -0.117. The smallest absolute Gasteiger partial charge is 0.244 e. The van der Waals surface area contributed by atoms with Gasteiger partial charge in [-0.2, -0.15) is 0 Å². The van der Waals surface area contributed by atoms with Crippen molar-refractivity contribution < 1.29 is 18.3 Å². The molecule has 0 radical (unpaired) electrons. The molecule has 2 aromatic carbocycles. The Morgan fingerprint density at radius 1 is 1.14 bits per heavy atom. The normalized spacial score (nSPS) is 20.7. The molecule has 1 amide bonds.